The number of carbonyl (C=O) groups excluding carboxylic acids is 1. The standard InChI is InChI=1S/C32H38N2O/c1-23(2)24-15-17-25(18-16-24)31-33(27-11-7-5-8-12-27)21-29-26(22-35)19-32(3,4)20-30(29)34(31)28-13-9-6-10-14-28/h5-18,22-23,26,29-31H,19-21H2,1-4H3. The number of benzene rings is 3. The Morgan fingerprint density at radius 3 is 2.00 bits per heavy atom. The van der Waals surface area contributed by atoms with Gasteiger partial charge in [-0.3, -0.25) is 0 Å². The van der Waals surface area contributed by atoms with Crippen molar-refractivity contribution < 1.29 is 4.79 Å². The van der Waals surface area contributed by atoms with Crippen molar-refractivity contribution in [3.8, 4) is 0 Å². The Morgan fingerprint density at radius 1 is 0.829 bits per heavy atom. The fraction of sp³-hybridized carbons (Fsp3) is 0.406. The van der Waals surface area contributed by atoms with Gasteiger partial charge in [0.05, 0.1) is 0 Å². The van der Waals surface area contributed by atoms with Crippen LogP contribution < -0.4 is 9.80 Å². The molecule has 182 valence electrons. The minimum atomic E-state index is 0.0588. The maximum atomic E-state index is 12.4. The van der Waals surface area contributed by atoms with Gasteiger partial charge < -0.3 is 14.6 Å². The maximum Gasteiger partial charge on any atom is 0.128 e. The molecule has 3 aromatic carbocycles. The molecular formula is C32H38N2O. The molecule has 1 saturated carbocycles. The highest BCUT2D eigenvalue weighted by atomic mass is 16.1. The molecule has 0 amide bonds. The summed E-state index contributed by atoms with van der Waals surface area (Å²) in [6, 6.07) is 31.1. The smallest absolute Gasteiger partial charge is 0.128 e. The predicted octanol–water partition coefficient (Wildman–Crippen LogP) is 7.46. The zero-order valence-corrected chi connectivity index (χ0v) is 21.5. The monoisotopic (exact) mass is 466 g/mol. The zero-order chi connectivity index (χ0) is 24.6. The van der Waals surface area contributed by atoms with Crippen molar-refractivity contribution in [2.75, 3.05) is 16.3 Å². The summed E-state index contributed by atoms with van der Waals surface area (Å²) in [7, 11) is 0. The molecule has 2 fully saturated rings. The summed E-state index contributed by atoms with van der Waals surface area (Å²) in [6.45, 7) is 10.0. The molecule has 35 heavy (non-hydrogen) atoms. The number of aldehydes is 1. The van der Waals surface area contributed by atoms with Gasteiger partial charge in [-0.1, -0.05) is 88.4 Å². The van der Waals surface area contributed by atoms with Crippen LogP contribution in [0.3, 0.4) is 0 Å². The second-order valence-corrected chi connectivity index (χ2v) is 11.5. The van der Waals surface area contributed by atoms with Crippen LogP contribution in [0.2, 0.25) is 0 Å². The van der Waals surface area contributed by atoms with Crippen LogP contribution in [0.5, 0.6) is 0 Å². The average molecular weight is 467 g/mol. The molecule has 4 atom stereocenters. The van der Waals surface area contributed by atoms with Crippen molar-refractivity contribution in [2.24, 2.45) is 17.3 Å². The second-order valence-electron chi connectivity index (χ2n) is 11.5. The molecule has 4 unspecified atom stereocenters. The summed E-state index contributed by atoms with van der Waals surface area (Å²) < 4.78 is 0. The van der Waals surface area contributed by atoms with Gasteiger partial charge in [0.1, 0.15) is 12.5 Å². The molecule has 3 heteroatoms. The van der Waals surface area contributed by atoms with E-state index in [1.165, 1.54) is 28.8 Å². The predicted molar refractivity (Wildman–Crippen MR) is 146 cm³/mol. The summed E-state index contributed by atoms with van der Waals surface area (Å²) in [5.74, 6) is 0.847. The second kappa shape index (κ2) is 9.53. The first kappa shape index (κ1) is 23.7. The van der Waals surface area contributed by atoms with Gasteiger partial charge in [-0.25, -0.2) is 0 Å². The van der Waals surface area contributed by atoms with Gasteiger partial charge in [0.25, 0.3) is 0 Å². The maximum absolute atomic E-state index is 12.4. The van der Waals surface area contributed by atoms with E-state index in [4.69, 9.17) is 0 Å². The van der Waals surface area contributed by atoms with Crippen molar-refractivity contribution in [3.05, 3.63) is 96.1 Å². The van der Waals surface area contributed by atoms with E-state index in [-0.39, 0.29) is 23.4 Å². The largest absolute Gasteiger partial charge is 0.347 e. The lowest BCUT2D eigenvalue weighted by Crippen LogP contribution is -2.62. The molecule has 1 saturated heterocycles. The van der Waals surface area contributed by atoms with Gasteiger partial charge in [0.2, 0.25) is 0 Å². The third-order valence-electron chi connectivity index (χ3n) is 8.14. The lowest BCUT2D eigenvalue weighted by Gasteiger charge is -2.59. The Morgan fingerprint density at radius 2 is 1.43 bits per heavy atom. The molecular weight excluding hydrogens is 428 g/mol. The van der Waals surface area contributed by atoms with Crippen LogP contribution in [0, 0.1) is 17.3 Å². The average Bonchev–Trinajstić information content (AvgIpc) is 2.87. The Kier molecular flexibility index (Phi) is 6.44. The van der Waals surface area contributed by atoms with Crippen LogP contribution in [-0.2, 0) is 4.79 Å². The van der Waals surface area contributed by atoms with E-state index in [1.807, 2.05) is 0 Å². The quantitative estimate of drug-likeness (QED) is 0.365. The summed E-state index contributed by atoms with van der Waals surface area (Å²) in [4.78, 5) is 17.6. The zero-order valence-electron chi connectivity index (χ0n) is 21.5. The molecule has 0 spiro atoms. The first-order chi connectivity index (χ1) is 16.9. The molecule has 0 aromatic heterocycles. The van der Waals surface area contributed by atoms with Crippen LogP contribution in [0.25, 0.3) is 0 Å². The van der Waals surface area contributed by atoms with Gasteiger partial charge in [-0.05, 0) is 59.6 Å². The van der Waals surface area contributed by atoms with Crippen molar-refractivity contribution in [2.45, 2.75) is 58.7 Å². The molecule has 2 aliphatic rings. The molecule has 0 radical (unpaired) electrons. The van der Waals surface area contributed by atoms with Gasteiger partial charge in [0, 0.05) is 35.8 Å². The third kappa shape index (κ3) is 4.61. The number of carbonyl (C=O) groups is 1. The molecule has 1 heterocycles. The van der Waals surface area contributed by atoms with E-state index >= 15 is 0 Å². The van der Waals surface area contributed by atoms with Crippen molar-refractivity contribution in [1.29, 1.82) is 0 Å². The molecule has 5 rings (SSSR count). The normalized spacial score (nSPS) is 25.9. The Bertz CT molecular complexity index is 1120. The molecule has 0 bridgehead atoms. The number of fused-ring (bicyclic) bond motifs is 1. The topological polar surface area (TPSA) is 23.6 Å². The number of nitrogens with zero attached hydrogens (tertiary/aromatic N) is 2. The minimum Gasteiger partial charge on any atom is -0.347 e. The fourth-order valence-corrected chi connectivity index (χ4v) is 6.44. The van der Waals surface area contributed by atoms with E-state index in [0.29, 0.717) is 12.0 Å². The molecule has 0 N–H and O–H groups in total. The number of hydrogen-bond donors (Lipinski definition) is 0. The lowest BCUT2D eigenvalue weighted by atomic mass is 9.63. The summed E-state index contributed by atoms with van der Waals surface area (Å²) >= 11 is 0. The van der Waals surface area contributed by atoms with E-state index in [1.54, 1.807) is 0 Å². The lowest BCUT2D eigenvalue weighted by molar-refractivity contribution is -0.115. The summed E-state index contributed by atoms with van der Waals surface area (Å²) in [5.41, 5.74) is 5.22. The first-order valence-electron chi connectivity index (χ1n) is 13.1. The highest BCUT2D eigenvalue weighted by Crippen LogP contribution is 2.51. The van der Waals surface area contributed by atoms with E-state index < -0.39 is 0 Å². The number of anilines is 2. The van der Waals surface area contributed by atoms with Crippen LogP contribution in [0.1, 0.15) is 63.7 Å². The van der Waals surface area contributed by atoms with Gasteiger partial charge in [0.15, 0.2) is 0 Å². The van der Waals surface area contributed by atoms with Crippen molar-refractivity contribution in [3.63, 3.8) is 0 Å². The van der Waals surface area contributed by atoms with Crippen LogP contribution in [-0.4, -0.2) is 18.9 Å². The van der Waals surface area contributed by atoms with Crippen LogP contribution in [0.4, 0.5) is 11.4 Å². The fourth-order valence-electron chi connectivity index (χ4n) is 6.44. The molecule has 3 aromatic rings. The number of rotatable bonds is 5. The van der Waals surface area contributed by atoms with E-state index in [0.717, 1.165) is 19.4 Å². The Labute approximate surface area is 210 Å². The molecule has 1 aliphatic carbocycles. The highest BCUT2D eigenvalue weighted by molar-refractivity contribution is 5.62. The Balaban J connectivity index is 1.69. The molecule has 3 nitrogen and oxygen atoms in total. The summed E-state index contributed by atoms with van der Waals surface area (Å²) in [6.07, 6.45) is 3.34. The van der Waals surface area contributed by atoms with Crippen molar-refractivity contribution in [1.82, 2.24) is 0 Å². The Hall–Kier alpha value is -3.07. The minimum absolute atomic E-state index is 0.0588. The van der Waals surface area contributed by atoms with E-state index in [2.05, 4.69) is 122 Å². The number of hydrogen-bond acceptors (Lipinski definition) is 3. The first-order valence-corrected chi connectivity index (χ1v) is 13.1. The van der Waals surface area contributed by atoms with Crippen LogP contribution >= 0.6 is 0 Å². The third-order valence-corrected chi connectivity index (χ3v) is 8.14. The van der Waals surface area contributed by atoms with Gasteiger partial charge in [-0.15, -0.1) is 0 Å². The van der Waals surface area contributed by atoms with Crippen LogP contribution in [0.15, 0.2) is 84.9 Å². The van der Waals surface area contributed by atoms with E-state index in [9.17, 15) is 4.79 Å². The van der Waals surface area contributed by atoms with Crippen molar-refractivity contribution >= 4 is 17.7 Å². The van der Waals surface area contributed by atoms with Gasteiger partial charge in [-0.2, -0.15) is 0 Å². The highest BCUT2D eigenvalue weighted by Gasteiger charge is 2.50. The summed E-state index contributed by atoms with van der Waals surface area (Å²) in [5, 5.41) is 0. The SMILES string of the molecule is CC(C)c1ccc(C2N(c3ccccc3)CC3C(C=O)CC(C)(C)CC3N2c2ccccc2)cc1. The number of para-hydroxylation sites is 2. The van der Waals surface area contributed by atoms with Gasteiger partial charge >= 0.3 is 0 Å². The molecule has 1 aliphatic heterocycles.